The Kier molecular flexibility index (Phi) is 29.1. The molecule has 0 saturated carbocycles. The van der Waals surface area contributed by atoms with E-state index >= 15 is 0 Å². The zero-order chi connectivity index (χ0) is 30.1. The van der Waals surface area contributed by atoms with Crippen LogP contribution in [0, 0.1) is 0 Å². The summed E-state index contributed by atoms with van der Waals surface area (Å²) in [6.07, 6.45) is 0.385. The van der Waals surface area contributed by atoms with Crippen molar-refractivity contribution in [2.45, 2.75) is 37.5 Å². The van der Waals surface area contributed by atoms with E-state index in [1.54, 1.807) is 0 Å². The van der Waals surface area contributed by atoms with Crippen LogP contribution in [0.5, 0.6) is 0 Å². The SMILES string of the molecule is CC(N)C(=O)O.NC(CS)C(=O)O.NC(CS)C(=O)O.NC(Cc1ccccc1)C(=O)O.NCC(=O)O. The van der Waals surface area contributed by atoms with Crippen LogP contribution in [0.15, 0.2) is 30.3 Å². The quantitative estimate of drug-likeness (QED) is 0.139. The number of carboxylic acid groups (broad SMARTS) is 5. The number of hydrogen-bond acceptors (Lipinski definition) is 12. The number of nitrogens with two attached hydrogens (primary N) is 5. The number of hydrogen-bond donors (Lipinski definition) is 12. The molecular weight excluding hydrogens is 534 g/mol. The lowest BCUT2D eigenvalue weighted by Crippen LogP contribution is -2.32. The van der Waals surface area contributed by atoms with E-state index in [4.69, 9.17) is 48.5 Å². The molecule has 4 unspecified atom stereocenters. The van der Waals surface area contributed by atoms with Gasteiger partial charge in [-0.1, -0.05) is 30.3 Å². The highest BCUT2D eigenvalue weighted by atomic mass is 32.1. The minimum Gasteiger partial charge on any atom is -0.480 e. The van der Waals surface area contributed by atoms with Crippen molar-refractivity contribution in [2.24, 2.45) is 28.7 Å². The van der Waals surface area contributed by atoms with Crippen molar-refractivity contribution in [1.29, 1.82) is 0 Å². The van der Waals surface area contributed by atoms with Crippen LogP contribution < -0.4 is 28.7 Å². The first-order chi connectivity index (χ1) is 17.0. The molecule has 214 valence electrons. The van der Waals surface area contributed by atoms with E-state index in [1.807, 2.05) is 30.3 Å². The fourth-order valence-electron chi connectivity index (χ4n) is 1.11. The summed E-state index contributed by atoms with van der Waals surface area (Å²) in [5.74, 6) is -4.52. The summed E-state index contributed by atoms with van der Waals surface area (Å²) in [6, 6.07) is 6.18. The molecule has 17 heteroatoms. The van der Waals surface area contributed by atoms with E-state index in [2.05, 4.69) is 31.0 Å². The fraction of sp³-hybridized carbons (Fsp3) is 0.450. The van der Waals surface area contributed by atoms with E-state index in [0.717, 1.165) is 5.56 Å². The molecule has 0 aliphatic heterocycles. The third-order valence-corrected chi connectivity index (χ3v) is 3.99. The van der Waals surface area contributed by atoms with Gasteiger partial charge in [-0.2, -0.15) is 25.3 Å². The maximum atomic E-state index is 10.4. The molecule has 0 saturated heterocycles. The van der Waals surface area contributed by atoms with Crippen LogP contribution in [-0.4, -0.2) is 97.6 Å². The lowest BCUT2D eigenvalue weighted by atomic mass is 10.1. The predicted octanol–water partition coefficient (Wildman–Crippen LogP) is -2.25. The molecule has 0 heterocycles. The van der Waals surface area contributed by atoms with E-state index in [0.29, 0.717) is 6.42 Å². The zero-order valence-electron chi connectivity index (χ0n) is 20.1. The molecule has 37 heavy (non-hydrogen) atoms. The van der Waals surface area contributed by atoms with Crippen molar-refractivity contribution in [2.75, 3.05) is 18.1 Å². The number of carbonyl (C=O) groups is 5. The molecular formula is C20H37N5O10S2. The van der Waals surface area contributed by atoms with E-state index < -0.39 is 54.0 Å². The van der Waals surface area contributed by atoms with Crippen molar-refractivity contribution >= 4 is 55.1 Å². The molecule has 0 amide bonds. The minimum absolute atomic E-state index is 0.190. The van der Waals surface area contributed by atoms with Gasteiger partial charge in [-0.05, 0) is 18.9 Å². The number of carboxylic acids is 5. The molecule has 0 spiro atoms. The van der Waals surface area contributed by atoms with Gasteiger partial charge in [0, 0.05) is 11.5 Å². The topological polar surface area (TPSA) is 317 Å². The Morgan fingerprint density at radius 3 is 1.16 bits per heavy atom. The van der Waals surface area contributed by atoms with Crippen LogP contribution in [0.1, 0.15) is 12.5 Å². The van der Waals surface area contributed by atoms with Crippen molar-refractivity contribution in [3.63, 3.8) is 0 Å². The Bertz CT molecular complexity index is 768. The summed E-state index contributed by atoms with van der Waals surface area (Å²) in [5, 5.41) is 40.0. The van der Waals surface area contributed by atoms with Gasteiger partial charge in [0.2, 0.25) is 0 Å². The first kappa shape index (κ1) is 41.2. The minimum atomic E-state index is -1.00. The van der Waals surface area contributed by atoms with Crippen molar-refractivity contribution < 1.29 is 49.5 Å². The van der Waals surface area contributed by atoms with Crippen molar-refractivity contribution in [3.8, 4) is 0 Å². The summed E-state index contributed by atoms with van der Waals surface area (Å²) in [5.41, 5.74) is 25.6. The highest BCUT2D eigenvalue weighted by Gasteiger charge is 2.11. The molecule has 1 rings (SSSR count). The zero-order valence-corrected chi connectivity index (χ0v) is 21.9. The highest BCUT2D eigenvalue weighted by Crippen LogP contribution is 2.01. The third kappa shape index (κ3) is 33.1. The second kappa shape index (κ2) is 26.1. The summed E-state index contributed by atoms with van der Waals surface area (Å²) in [4.78, 5) is 48.7. The predicted molar refractivity (Wildman–Crippen MR) is 143 cm³/mol. The summed E-state index contributed by atoms with van der Waals surface area (Å²) >= 11 is 7.30. The lowest BCUT2D eigenvalue weighted by molar-refractivity contribution is -0.139. The Balaban J connectivity index is -0.000000192. The Morgan fingerprint density at radius 2 is 1.00 bits per heavy atom. The molecule has 15 nitrogen and oxygen atoms in total. The molecule has 1 aromatic rings. The molecule has 0 bridgehead atoms. The van der Waals surface area contributed by atoms with Crippen LogP contribution in [0.4, 0.5) is 0 Å². The number of rotatable bonds is 9. The molecule has 4 atom stereocenters. The lowest BCUT2D eigenvalue weighted by Gasteiger charge is -2.04. The van der Waals surface area contributed by atoms with Gasteiger partial charge in [0.05, 0.1) is 6.54 Å². The second-order valence-electron chi connectivity index (χ2n) is 6.61. The first-order valence-electron chi connectivity index (χ1n) is 10.1. The number of thiol groups is 2. The Morgan fingerprint density at radius 1 is 0.703 bits per heavy atom. The van der Waals surface area contributed by atoms with E-state index in [1.165, 1.54) is 6.92 Å². The van der Waals surface area contributed by atoms with Gasteiger partial charge in [0.15, 0.2) is 0 Å². The highest BCUT2D eigenvalue weighted by molar-refractivity contribution is 7.80. The van der Waals surface area contributed by atoms with Gasteiger partial charge in [-0.15, -0.1) is 0 Å². The van der Waals surface area contributed by atoms with Gasteiger partial charge in [-0.25, -0.2) is 0 Å². The van der Waals surface area contributed by atoms with Crippen molar-refractivity contribution in [3.05, 3.63) is 35.9 Å². The Labute approximate surface area is 224 Å². The first-order valence-corrected chi connectivity index (χ1v) is 11.4. The van der Waals surface area contributed by atoms with Crippen LogP contribution in [0.25, 0.3) is 0 Å². The fourth-order valence-corrected chi connectivity index (χ4v) is 1.42. The normalized spacial score (nSPS) is 12.3. The Hall–Kier alpha value is -2.93. The van der Waals surface area contributed by atoms with E-state index in [-0.39, 0.29) is 18.1 Å². The van der Waals surface area contributed by atoms with Gasteiger partial charge >= 0.3 is 29.8 Å². The molecule has 1 aromatic carbocycles. The average Bonchev–Trinajstić information content (AvgIpc) is 2.84. The smallest absolute Gasteiger partial charge is 0.321 e. The second-order valence-corrected chi connectivity index (χ2v) is 7.34. The van der Waals surface area contributed by atoms with E-state index in [9.17, 15) is 24.0 Å². The van der Waals surface area contributed by atoms with Crippen LogP contribution in [0.3, 0.4) is 0 Å². The van der Waals surface area contributed by atoms with Crippen LogP contribution >= 0.6 is 25.3 Å². The summed E-state index contributed by atoms with van der Waals surface area (Å²) < 4.78 is 0. The van der Waals surface area contributed by atoms with Gasteiger partial charge in [0.25, 0.3) is 0 Å². The molecule has 15 N–H and O–H groups in total. The standard InChI is InChI=1S/C9H11NO2.2C3H7NO2S.C3H7NO2.C2H5NO2/c10-8(9(11)12)6-7-4-2-1-3-5-7;2*4-2(1-7)3(5)6;1-2(4)3(5)6;3-1-2(4)5/h1-5,8H,6,10H2,(H,11,12);2*2,7H,1,4H2,(H,5,6);2H,4H2,1H3,(H,5,6);1,3H2,(H,4,5). The van der Waals surface area contributed by atoms with Gasteiger partial charge in [0.1, 0.15) is 24.2 Å². The largest absolute Gasteiger partial charge is 0.480 e. The third-order valence-electron chi connectivity index (χ3n) is 3.21. The maximum Gasteiger partial charge on any atom is 0.321 e. The monoisotopic (exact) mass is 571 g/mol. The maximum absolute atomic E-state index is 10.4. The summed E-state index contributed by atoms with van der Waals surface area (Å²) in [6.45, 7) is 1.14. The van der Waals surface area contributed by atoms with Crippen molar-refractivity contribution in [1.82, 2.24) is 0 Å². The molecule has 0 aliphatic rings. The van der Waals surface area contributed by atoms with Crippen LogP contribution in [0.2, 0.25) is 0 Å². The molecule has 0 aromatic heterocycles. The van der Waals surface area contributed by atoms with Crippen LogP contribution in [-0.2, 0) is 30.4 Å². The average molecular weight is 572 g/mol. The molecule has 0 radical (unpaired) electrons. The molecule has 0 aliphatic carbocycles. The molecule has 0 fully saturated rings. The number of aliphatic carboxylic acids is 5. The summed E-state index contributed by atoms with van der Waals surface area (Å²) in [7, 11) is 0. The number of benzene rings is 1. The van der Waals surface area contributed by atoms with Gasteiger partial charge in [-0.3, -0.25) is 24.0 Å². The van der Waals surface area contributed by atoms with Gasteiger partial charge < -0.3 is 54.2 Å².